The van der Waals surface area contributed by atoms with Gasteiger partial charge in [-0.05, 0) is 38.2 Å². The van der Waals surface area contributed by atoms with Gasteiger partial charge in [-0.25, -0.2) is 13.4 Å². The first-order valence-corrected chi connectivity index (χ1v) is 11.0. The van der Waals surface area contributed by atoms with Gasteiger partial charge in [-0.15, -0.1) is 0 Å². The van der Waals surface area contributed by atoms with Crippen LogP contribution in [0.5, 0.6) is 0 Å². The first-order valence-electron chi connectivity index (χ1n) is 9.44. The summed E-state index contributed by atoms with van der Waals surface area (Å²) >= 11 is 0. The molecule has 7 nitrogen and oxygen atoms in total. The maximum atomic E-state index is 12.5. The highest BCUT2D eigenvalue weighted by molar-refractivity contribution is 7.89. The van der Waals surface area contributed by atoms with E-state index in [2.05, 4.69) is 14.5 Å². The van der Waals surface area contributed by atoms with E-state index in [0.717, 1.165) is 42.5 Å². The molecule has 0 amide bonds. The van der Waals surface area contributed by atoms with Crippen LogP contribution in [0.2, 0.25) is 0 Å². The maximum absolute atomic E-state index is 12.5. The Kier molecular flexibility index (Phi) is 7.49. The average Bonchev–Trinajstić information content (AvgIpc) is 2.94. The third kappa shape index (κ3) is 5.59. The molecule has 8 heteroatoms. The molecule has 2 aromatic rings. The number of pyridine rings is 1. The fourth-order valence-corrected chi connectivity index (χ4v) is 4.64. The van der Waals surface area contributed by atoms with E-state index in [9.17, 15) is 13.2 Å². The molecule has 0 unspecified atom stereocenters. The summed E-state index contributed by atoms with van der Waals surface area (Å²) in [6, 6.07) is 1.37. The predicted octanol–water partition coefficient (Wildman–Crippen LogP) is 2.79. The fourth-order valence-electron chi connectivity index (χ4n) is 3.24. The van der Waals surface area contributed by atoms with Gasteiger partial charge in [0.1, 0.15) is 17.6 Å². The van der Waals surface area contributed by atoms with Gasteiger partial charge in [-0.3, -0.25) is 4.98 Å². The van der Waals surface area contributed by atoms with Crippen molar-refractivity contribution in [1.82, 2.24) is 18.8 Å². The highest BCUT2D eigenvalue weighted by atomic mass is 32.2. The minimum absolute atomic E-state index is 0.0690. The number of carbonyl (C=O) groups is 1. The van der Waals surface area contributed by atoms with Crippen LogP contribution in [-0.4, -0.2) is 52.4 Å². The monoisotopic (exact) mass is 394 g/mol. The zero-order chi connectivity index (χ0) is 20.0. The number of imidazole rings is 1. The highest BCUT2D eigenvalue weighted by Crippen LogP contribution is 2.17. The lowest BCUT2D eigenvalue weighted by Gasteiger charge is -2.24. The number of carbonyl (C=O) groups excluding carboxylic acids is 1. The SMILES string of the molecule is Cc1nc2cnccc2n1CCCCCS(=O)(=O)N(C)[C@H](C=O)CC(C)C. The van der Waals surface area contributed by atoms with E-state index in [1.54, 1.807) is 12.4 Å². The minimum Gasteiger partial charge on any atom is -0.328 e. The summed E-state index contributed by atoms with van der Waals surface area (Å²) in [6.45, 7) is 6.73. The molecule has 0 spiro atoms. The number of fused-ring (bicyclic) bond motifs is 1. The largest absolute Gasteiger partial charge is 0.328 e. The molecule has 0 N–H and O–H groups in total. The molecule has 150 valence electrons. The molecule has 0 bridgehead atoms. The number of rotatable bonds is 11. The van der Waals surface area contributed by atoms with Crippen LogP contribution in [0.25, 0.3) is 11.0 Å². The van der Waals surface area contributed by atoms with Crippen molar-refractivity contribution in [3.63, 3.8) is 0 Å². The van der Waals surface area contributed by atoms with Gasteiger partial charge in [-0.1, -0.05) is 20.3 Å². The third-order valence-electron chi connectivity index (χ3n) is 4.80. The maximum Gasteiger partial charge on any atom is 0.214 e. The lowest BCUT2D eigenvalue weighted by molar-refractivity contribution is -0.111. The summed E-state index contributed by atoms with van der Waals surface area (Å²) in [5.74, 6) is 1.27. The van der Waals surface area contributed by atoms with E-state index in [1.165, 1.54) is 11.4 Å². The molecule has 27 heavy (non-hydrogen) atoms. The molecule has 0 aliphatic heterocycles. The first-order chi connectivity index (χ1) is 12.8. The number of hydrogen-bond acceptors (Lipinski definition) is 5. The Balaban J connectivity index is 1.85. The Labute approximate surface area is 161 Å². The van der Waals surface area contributed by atoms with Gasteiger partial charge in [0.2, 0.25) is 10.0 Å². The highest BCUT2D eigenvalue weighted by Gasteiger charge is 2.26. The van der Waals surface area contributed by atoms with Gasteiger partial charge in [0.25, 0.3) is 0 Å². The minimum atomic E-state index is -3.42. The Hall–Kier alpha value is -1.80. The van der Waals surface area contributed by atoms with Gasteiger partial charge in [0, 0.05) is 19.8 Å². The van der Waals surface area contributed by atoms with Crippen LogP contribution in [0.4, 0.5) is 0 Å². The lowest BCUT2D eigenvalue weighted by atomic mass is 10.1. The molecule has 0 saturated carbocycles. The second-order valence-electron chi connectivity index (χ2n) is 7.40. The van der Waals surface area contributed by atoms with Gasteiger partial charge >= 0.3 is 0 Å². The molecular weight excluding hydrogens is 364 g/mol. The number of likely N-dealkylation sites (N-methyl/N-ethyl adjacent to an activating group) is 1. The second-order valence-corrected chi connectivity index (χ2v) is 9.55. The molecule has 0 aliphatic rings. The predicted molar refractivity (Wildman–Crippen MR) is 107 cm³/mol. The van der Waals surface area contributed by atoms with Gasteiger partial charge in [0.05, 0.1) is 23.5 Å². The molecule has 1 atom stereocenters. The van der Waals surface area contributed by atoms with E-state index < -0.39 is 16.1 Å². The lowest BCUT2D eigenvalue weighted by Crippen LogP contribution is -2.40. The molecule has 0 saturated heterocycles. The standard InChI is InChI=1S/C19H30N4O3S/c1-15(2)12-17(14-24)22(4)27(25,26)11-7-5-6-10-23-16(3)21-18-13-20-9-8-19(18)23/h8-9,13-15,17H,5-7,10-12H2,1-4H3/t17-/m0/s1. The van der Waals surface area contributed by atoms with Crippen molar-refractivity contribution in [3.05, 3.63) is 24.3 Å². The summed E-state index contributed by atoms with van der Waals surface area (Å²) in [6.07, 6.45) is 7.03. The molecule has 0 aliphatic carbocycles. The molecule has 0 radical (unpaired) electrons. The number of unbranched alkanes of at least 4 members (excludes halogenated alkanes) is 2. The molecule has 2 rings (SSSR count). The van der Waals surface area contributed by atoms with E-state index in [1.807, 2.05) is 26.8 Å². The zero-order valence-corrected chi connectivity index (χ0v) is 17.4. The average molecular weight is 395 g/mol. The number of nitrogens with zero attached hydrogens (tertiary/aromatic N) is 4. The molecule has 0 aromatic carbocycles. The van der Waals surface area contributed by atoms with Gasteiger partial charge in [-0.2, -0.15) is 4.31 Å². The van der Waals surface area contributed by atoms with Crippen molar-refractivity contribution in [3.8, 4) is 0 Å². The van der Waals surface area contributed by atoms with Crippen molar-refractivity contribution in [2.24, 2.45) is 5.92 Å². The summed E-state index contributed by atoms with van der Waals surface area (Å²) in [5, 5.41) is 0. The van der Waals surface area contributed by atoms with E-state index in [-0.39, 0.29) is 11.7 Å². The number of aryl methyl sites for hydroxylation is 2. The molecule has 0 fully saturated rings. The van der Waals surface area contributed by atoms with Crippen LogP contribution in [0.3, 0.4) is 0 Å². The smallest absolute Gasteiger partial charge is 0.214 e. The van der Waals surface area contributed by atoms with Crippen LogP contribution < -0.4 is 0 Å². The summed E-state index contributed by atoms with van der Waals surface area (Å²) < 4.78 is 28.3. The zero-order valence-electron chi connectivity index (χ0n) is 16.6. The summed E-state index contributed by atoms with van der Waals surface area (Å²) in [4.78, 5) is 19.8. The van der Waals surface area contributed by atoms with Crippen molar-refractivity contribution in [2.45, 2.75) is 59.0 Å². The summed E-state index contributed by atoms with van der Waals surface area (Å²) in [7, 11) is -1.91. The summed E-state index contributed by atoms with van der Waals surface area (Å²) in [5.41, 5.74) is 1.93. The number of aldehydes is 1. The van der Waals surface area contributed by atoms with Crippen molar-refractivity contribution in [2.75, 3.05) is 12.8 Å². The first kappa shape index (κ1) is 21.5. The van der Waals surface area contributed by atoms with E-state index >= 15 is 0 Å². The Morgan fingerprint density at radius 3 is 2.67 bits per heavy atom. The van der Waals surface area contributed by atoms with Crippen LogP contribution in [-0.2, 0) is 21.4 Å². The third-order valence-corrected chi connectivity index (χ3v) is 6.75. The quantitative estimate of drug-likeness (QED) is 0.432. The van der Waals surface area contributed by atoms with Crippen molar-refractivity contribution in [1.29, 1.82) is 0 Å². The number of hydrogen-bond donors (Lipinski definition) is 0. The van der Waals surface area contributed by atoms with Crippen LogP contribution in [0, 0.1) is 12.8 Å². The van der Waals surface area contributed by atoms with Crippen molar-refractivity contribution >= 4 is 27.3 Å². The Bertz CT molecular complexity index is 861. The van der Waals surface area contributed by atoms with E-state index in [0.29, 0.717) is 12.8 Å². The number of sulfonamides is 1. The molecular formula is C19H30N4O3S. The Morgan fingerprint density at radius 1 is 1.26 bits per heavy atom. The molecule has 2 aromatic heterocycles. The fraction of sp³-hybridized carbons (Fsp3) is 0.632. The van der Waals surface area contributed by atoms with Gasteiger partial charge in [0.15, 0.2) is 0 Å². The Morgan fingerprint density at radius 2 is 2.00 bits per heavy atom. The molecule has 2 heterocycles. The topological polar surface area (TPSA) is 85.2 Å². The number of aromatic nitrogens is 3. The van der Waals surface area contributed by atoms with E-state index in [4.69, 9.17) is 0 Å². The van der Waals surface area contributed by atoms with Crippen LogP contribution in [0.15, 0.2) is 18.5 Å². The van der Waals surface area contributed by atoms with Crippen LogP contribution >= 0.6 is 0 Å². The van der Waals surface area contributed by atoms with Crippen LogP contribution in [0.1, 0.15) is 45.4 Å². The normalized spacial score (nSPS) is 13.6. The van der Waals surface area contributed by atoms with Crippen molar-refractivity contribution < 1.29 is 13.2 Å². The van der Waals surface area contributed by atoms with Gasteiger partial charge < -0.3 is 9.36 Å². The second kappa shape index (κ2) is 9.41.